The Kier molecular flexibility index (Phi) is 16.8. The van der Waals surface area contributed by atoms with Crippen molar-refractivity contribution in [2.75, 3.05) is 19.8 Å². The monoisotopic (exact) mass is 414 g/mol. The Balaban J connectivity index is 1.76. The van der Waals surface area contributed by atoms with Gasteiger partial charge in [0.15, 0.2) is 0 Å². The van der Waals surface area contributed by atoms with Crippen molar-refractivity contribution in [3.63, 3.8) is 0 Å². The standard InChI is InChI=1S/C24H46O5/c1-2-3-4-5-6-7-8-9-10-11-12-13-14-15-16-17-18-28-19-22(26)24-23(27)21(25)20-29-24/h4-5,21-27H,2-3,6-20H2,1H3/b5-4+/t21-,22+,23+,24+/m1/s1. The van der Waals surface area contributed by atoms with Gasteiger partial charge in [0.2, 0.25) is 0 Å². The normalized spacial score (nSPS) is 23.2. The van der Waals surface area contributed by atoms with Gasteiger partial charge in [-0.15, -0.1) is 0 Å². The molecule has 1 aliphatic rings. The summed E-state index contributed by atoms with van der Waals surface area (Å²) < 4.78 is 10.7. The Morgan fingerprint density at radius 2 is 1.41 bits per heavy atom. The number of rotatable bonds is 19. The molecule has 0 aliphatic carbocycles. The number of hydrogen-bond acceptors (Lipinski definition) is 5. The van der Waals surface area contributed by atoms with E-state index in [-0.39, 0.29) is 13.2 Å². The Labute approximate surface area is 178 Å². The molecular weight excluding hydrogens is 368 g/mol. The van der Waals surface area contributed by atoms with E-state index in [1.165, 1.54) is 77.0 Å². The van der Waals surface area contributed by atoms with E-state index in [9.17, 15) is 15.3 Å². The fourth-order valence-electron chi connectivity index (χ4n) is 3.72. The topological polar surface area (TPSA) is 79.2 Å². The third kappa shape index (κ3) is 13.5. The van der Waals surface area contributed by atoms with Crippen LogP contribution in [0.3, 0.4) is 0 Å². The average molecular weight is 415 g/mol. The molecule has 1 heterocycles. The van der Waals surface area contributed by atoms with Crippen LogP contribution >= 0.6 is 0 Å². The Bertz CT molecular complexity index is 387. The van der Waals surface area contributed by atoms with Crippen LogP contribution in [0.15, 0.2) is 12.2 Å². The van der Waals surface area contributed by atoms with Crippen LogP contribution in [0.1, 0.15) is 96.8 Å². The molecule has 0 amide bonds. The molecule has 172 valence electrons. The van der Waals surface area contributed by atoms with E-state index in [0.717, 1.165) is 12.8 Å². The Morgan fingerprint density at radius 3 is 1.97 bits per heavy atom. The number of hydrogen-bond donors (Lipinski definition) is 3. The maximum atomic E-state index is 9.95. The first kappa shape index (κ1) is 26.6. The molecule has 0 spiro atoms. The van der Waals surface area contributed by atoms with E-state index < -0.39 is 24.4 Å². The summed E-state index contributed by atoms with van der Waals surface area (Å²) in [6.45, 7) is 3.06. The molecule has 1 fully saturated rings. The molecule has 4 atom stereocenters. The Hall–Kier alpha value is -0.460. The first-order valence-corrected chi connectivity index (χ1v) is 12.0. The zero-order valence-corrected chi connectivity index (χ0v) is 18.6. The van der Waals surface area contributed by atoms with Crippen LogP contribution in [0.4, 0.5) is 0 Å². The van der Waals surface area contributed by atoms with Crippen molar-refractivity contribution in [1.82, 2.24) is 0 Å². The minimum Gasteiger partial charge on any atom is -0.388 e. The van der Waals surface area contributed by atoms with Gasteiger partial charge in [-0.1, -0.05) is 83.3 Å². The van der Waals surface area contributed by atoms with Crippen LogP contribution in [-0.4, -0.2) is 59.6 Å². The van der Waals surface area contributed by atoms with E-state index >= 15 is 0 Å². The van der Waals surface area contributed by atoms with Gasteiger partial charge < -0.3 is 24.8 Å². The molecule has 0 unspecified atom stereocenters. The third-order valence-electron chi connectivity index (χ3n) is 5.64. The van der Waals surface area contributed by atoms with Gasteiger partial charge in [0, 0.05) is 6.61 Å². The van der Waals surface area contributed by atoms with Crippen molar-refractivity contribution in [2.45, 2.75) is 121 Å². The zero-order valence-electron chi connectivity index (χ0n) is 18.6. The molecule has 29 heavy (non-hydrogen) atoms. The van der Waals surface area contributed by atoms with Crippen molar-refractivity contribution >= 4 is 0 Å². The SMILES string of the molecule is CCC/C=C/CCCCCCCCCCCCCOC[C@H](O)[C@@H]1OC[C@@H](O)[C@@H]1O. The van der Waals surface area contributed by atoms with Gasteiger partial charge in [-0.2, -0.15) is 0 Å². The van der Waals surface area contributed by atoms with Crippen molar-refractivity contribution in [3.8, 4) is 0 Å². The minimum absolute atomic E-state index is 0.0691. The smallest absolute Gasteiger partial charge is 0.114 e. The lowest BCUT2D eigenvalue weighted by molar-refractivity contribution is -0.0813. The minimum atomic E-state index is -1.03. The molecule has 0 aromatic heterocycles. The van der Waals surface area contributed by atoms with E-state index in [0.29, 0.717) is 6.61 Å². The number of aliphatic hydroxyl groups excluding tert-OH is 3. The summed E-state index contributed by atoms with van der Waals surface area (Å²) in [7, 11) is 0. The number of unbranched alkanes of at least 4 members (excludes halogenated alkanes) is 12. The lowest BCUT2D eigenvalue weighted by Crippen LogP contribution is -2.40. The second-order valence-electron chi connectivity index (χ2n) is 8.44. The maximum absolute atomic E-state index is 9.95. The summed E-state index contributed by atoms with van der Waals surface area (Å²) in [5.74, 6) is 0. The maximum Gasteiger partial charge on any atom is 0.114 e. The van der Waals surface area contributed by atoms with Crippen molar-refractivity contribution in [1.29, 1.82) is 0 Å². The van der Waals surface area contributed by atoms with Gasteiger partial charge in [0.05, 0.1) is 13.2 Å². The highest BCUT2D eigenvalue weighted by molar-refractivity contribution is 4.87. The fraction of sp³-hybridized carbons (Fsp3) is 0.917. The highest BCUT2D eigenvalue weighted by Gasteiger charge is 2.39. The highest BCUT2D eigenvalue weighted by Crippen LogP contribution is 2.18. The predicted molar refractivity (Wildman–Crippen MR) is 118 cm³/mol. The molecule has 5 heteroatoms. The molecule has 0 aromatic carbocycles. The molecule has 5 nitrogen and oxygen atoms in total. The molecule has 3 N–H and O–H groups in total. The van der Waals surface area contributed by atoms with Gasteiger partial charge in [-0.3, -0.25) is 0 Å². The van der Waals surface area contributed by atoms with Gasteiger partial charge in [0.25, 0.3) is 0 Å². The van der Waals surface area contributed by atoms with Crippen LogP contribution < -0.4 is 0 Å². The fourth-order valence-corrected chi connectivity index (χ4v) is 3.72. The summed E-state index contributed by atoms with van der Waals surface area (Å²) >= 11 is 0. The zero-order chi connectivity index (χ0) is 21.2. The summed E-state index contributed by atoms with van der Waals surface area (Å²) in [6, 6.07) is 0. The van der Waals surface area contributed by atoms with Crippen molar-refractivity contribution < 1.29 is 24.8 Å². The van der Waals surface area contributed by atoms with E-state index in [4.69, 9.17) is 9.47 Å². The van der Waals surface area contributed by atoms with Gasteiger partial charge in [-0.05, 0) is 25.7 Å². The molecule has 0 aromatic rings. The van der Waals surface area contributed by atoms with Crippen LogP contribution in [0.5, 0.6) is 0 Å². The van der Waals surface area contributed by atoms with Crippen LogP contribution in [0.2, 0.25) is 0 Å². The first-order chi connectivity index (χ1) is 14.2. The number of aliphatic hydroxyl groups is 3. The summed E-state index contributed by atoms with van der Waals surface area (Å²) in [4.78, 5) is 0. The van der Waals surface area contributed by atoms with E-state index in [2.05, 4.69) is 19.1 Å². The first-order valence-electron chi connectivity index (χ1n) is 12.0. The van der Waals surface area contributed by atoms with Gasteiger partial charge >= 0.3 is 0 Å². The van der Waals surface area contributed by atoms with Crippen molar-refractivity contribution in [3.05, 3.63) is 12.2 Å². The number of ether oxygens (including phenoxy) is 2. The lowest BCUT2D eigenvalue weighted by Gasteiger charge is -2.20. The second-order valence-corrected chi connectivity index (χ2v) is 8.44. The quantitative estimate of drug-likeness (QED) is 0.214. The second kappa shape index (κ2) is 18.3. The summed E-state index contributed by atoms with van der Waals surface area (Å²) in [5, 5.41) is 29.0. The van der Waals surface area contributed by atoms with Crippen LogP contribution in [0, 0.1) is 0 Å². The largest absolute Gasteiger partial charge is 0.388 e. The number of allylic oxidation sites excluding steroid dienone is 2. The van der Waals surface area contributed by atoms with Gasteiger partial charge in [-0.25, -0.2) is 0 Å². The molecule has 1 aliphatic heterocycles. The van der Waals surface area contributed by atoms with E-state index in [1.807, 2.05) is 0 Å². The molecule has 0 bridgehead atoms. The van der Waals surface area contributed by atoms with E-state index in [1.54, 1.807) is 0 Å². The summed E-state index contributed by atoms with van der Waals surface area (Å²) in [6.07, 6.45) is 19.1. The van der Waals surface area contributed by atoms with Crippen LogP contribution in [-0.2, 0) is 9.47 Å². The van der Waals surface area contributed by atoms with Crippen LogP contribution in [0.25, 0.3) is 0 Å². The Morgan fingerprint density at radius 1 is 0.862 bits per heavy atom. The molecular formula is C24H46O5. The average Bonchev–Trinajstić information content (AvgIpc) is 3.05. The molecule has 1 saturated heterocycles. The molecule has 0 saturated carbocycles. The van der Waals surface area contributed by atoms with Gasteiger partial charge in [0.1, 0.15) is 24.4 Å². The lowest BCUT2D eigenvalue weighted by atomic mass is 10.1. The molecule has 1 rings (SSSR count). The molecule has 0 radical (unpaired) electrons. The summed E-state index contributed by atoms with van der Waals surface area (Å²) in [5.41, 5.74) is 0. The predicted octanol–water partition coefficient (Wildman–Crippen LogP) is 4.52. The van der Waals surface area contributed by atoms with Crippen molar-refractivity contribution in [2.24, 2.45) is 0 Å². The third-order valence-corrected chi connectivity index (χ3v) is 5.64. The highest BCUT2D eigenvalue weighted by atomic mass is 16.5.